The SMILES string of the molecule is CCOC(=O)c1nn(-c2ccccc2)cc1OCc1nc(C(C)(C)C)no1. The highest BCUT2D eigenvalue weighted by Crippen LogP contribution is 2.23. The van der Waals surface area contributed by atoms with Gasteiger partial charge >= 0.3 is 5.97 Å². The molecule has 8 nitrogen and oxygen atoms in total. The van der Waals surface area contributed by atoms with Gasteiger partial charge in [-0.25, -0.2) is 9.48 Å². The Bertz CT molecular complexity index is 909. The van der Waals surface area contributed by atoms with Crippen molar-refractivity contribution in [2.45, 2.75) is 39.7 Å². The van der Waals surface area contributed by atoms with Crippen molar-refractivity contribution in [3.8, 4) is 11.4 Å². The Kier molecular flexibility index (Phi) is 5.25. The monoisotopic (exact) mass is 370 g/mol. The summed E-state index contributed by atoms with van der Waals surface area (Å²) in [6.07, 6.45) is 1.63. The van der Waals surface area contributed by atoms with Crippen LogP contribution < -0.4 is 4.74 Å². The van der Waals surface area contributed by atoms with Crippen molar-refractivity contribution in [1.29, 1.82) is 0 Å². The van der Waals surface area contributed by atoms with E-state index in [4.69, 9.17) is 14.0 Å². The molecular formula is C19H22N4O4. The van der Waals surface area contributed by atoms with Crippen molar-refractivity contribution < 1.29 is 18.8 Å². The first-order valence-electron chi connectivity index (χ1n) is 8.66. The number of carbonyl (C=O) groups is 1. The molecular weight excluding hydrogens is 348 g/mol. The summed E-state index contributed by atoms with van der Waals surface area (Å²) < 4.78 is 17.6. The molecule has 0 fully saturated rings. The zero-order valence-electron chi connectivity index (χ0n) is 15.8. The summed E-state index contributed by atoms with van der Waals surface area (Å²) >= 11 is 0. The highest BCUT2D eigenvalue weighted by atomic mass is 16.5. The molecule has 142 valence electrons. The summed E-state index contributed by atoms with van der Waals surface area (Å²) in [5.74, 6) is 0.643. The minimum Gasteiger partial charge on any atom is -0.479 e. The number of benzene rings is 1. The highest BCUT2D eigenvalue weighted by molar-refractivity contribution is 5.90. The van der Waals surface area contributed by atoms with E-state index in [0.29, 0.717) is 11.7 Å². The predicted molar refractivity (Wildman–Crippen MR) is 96.9 cm³/mol. The van der Waals surface area contributed by atoms with Crippen molar-refractivity contribution >= 4 is 5.97 Å². The molecule has 3 aromatic rings. The second-order valence-electron chi connectivity index (χ2n) is 6.89. The molecule has 0 amide bonds. The number of carbonyl (C=O) groups excluding carboxylic acids is 1. The molecule has 27 heavy (non-hydrogen) atoms. The van der Waals surface area contributed by atoms with Gasteiger partial charge in [-0.3, -0.25) is 0 Å². The first kappa shape index (κ1) is 18.6. The largest absolute Gasteiger partial charge is 0.479 e. The molecule has 0 bridgehead atoms. The van der Waals surface area contributed by atoms with E-state index in [0.717, 1.165) is 5.69 Å². The number of esters is 1. The molecule has 0 spiro atoms. The number of hydrogen-bond acceptors (Lipinski definition) is 7. The topological polar surface area (TPSA) is 92.3 Å². The number of nitrogens with zero attached hydrogens (tertiary/aromatic N) is 4. The average molecular weight is 370 g/mol. The molecule has 0 aliphatic carbocycles. The molecule has 8 heteroatoms. The molecule has 2 heterocycles. The van der Waals surface area contributed by atoms with E-state index in [9.17, 15) is 4.79 Å². The van der Waals surface area contributed by atoms with Crippen LogP contribution in [-0.2, 0) is 16.8 Å². The molecule has 3 rings (SSSR count). The van der Waals surface area contributed by atoms with Gasteiger partial charge < -0.3 is 14.0 Å². The average Bonchev–Trinajstić information content (AvgIpc) is 3.28. The van der Waals surface area contributed by atoms with E-state index in [2.05, 4.69) is 15.2 Å². The summed E-state index contributed by atoms with van der Waals surface area (Å²) in [5, 5.41) is 8.27. The lowest BCUT2D eigenvalue weighted by atomic mass is 9.96. The van der Waals surface area contributed by atoms with Gasteiger partial charge in [0, 0.05) is 5.41 Å². The van der Waals surface area contributed by atoms with Gasteiger partial charge in [0.15, 0.2) is 18.2 Å². The van der Waals surface area contributed by atoms with Gasteiger partial charge in [-0.1, -0.05) is 44.1 Å². The molecule has 0 radical (unpaired) electrons. The van der Waals surface area contributed by atoms with Crippen molar-refractivity contribution in [2.24, 2.45) is 0 Å². The van der Waals surface area contributed by atoms with E-state index >= 15 is 0 Å². The summed E-state index contributed by atoms with van der Waals surface area (Å²) in [6, 6.07) is 9.42. The van der Waals surface area contributed by atoms with E-state index < -0.39 is 5.97 Å². The van der Waals surface area contributed by atoms with E-state index in [1.807, 2.05) is 51.1 Å². The molecule has 0 aliphatic heterocycles. The summed E-state index contributed by atoms with van der Waals surface area (Å²) in [6.45, 7) is 7.98. The Hall–Kier alpha value is -3.16. The van der Waals surface area contributed by atoms with Gasteiger partial charge in [0.1, 0.15) is 0 Å². The molecule has 0 aliphatic rings. The molecule has 0 atom stereocenters. The van der Waals surface area contributed by atoms with Crippen molar-refractivity contribution in [2.75, 3.05) is 6.61 Å². The number of para-hydroxylation sites is 1. The first-order valence-corrected chi connectivity index (χ1v) is 8.66. The van der Waals surface area contributed by atoms with Gasteiger partial charge in [0.05, 0.1) is 18.5 Å². The van der Waals surface area contributed by atoms with Gasteiger partial charge in [0.25, 0.3) is 5.89 Å². The van der Waals surface area contributed by atoms with Gasteiger partial charge in [0.2, 0.25) is 5.69 Å². The molecule has 0 unspecified atom stereocenters. The third kappa shape index (κ3) is 4.33. The molecule has 2 aromatic heterocycles. The number of ether oxygens (including phenoxy) is 2. The Labute approximate surface area is 157 Å². The van der Waals surface area contributed by atoms with Gasteiger partial charge in [-0.2, -0.15) is 10.1 Å². The van der Waals surface area contributed by atoms with Crippen LogP contribution in [0.3, 0.4) is 0 Å². The lowest BCUT2D eigenvalue weighted by Gasteiger charge is -2.10. The standard InChI is InChI=1S/C19H22N4O4/c1-5-25-17(24)16-14(11-23(21-16)13-9-7-6-8-10-13)26-12-15-20-18(22-27-15)19(2,3)4/h6-11H,5,12H2,1-4H3. The first-order chi connectivity index (χ1) is 12.9. The van der Waals surface area contributed by atoms with Crippen LogP contribution in [0.1, 0.15) is 49.9 Å². The lowest BCUT2D eigenvalue weighted by molar-refractivity contribution is 0.0513. The summed E-state index contributed by atoms with van der Waals surface area (Å²) in [4.78, 5) is 16.6. The van der Waals surface area contributed by atoms with Crippen LogP contribution in [0.25, 0.3) is 5.69 Å². The van der Waals surface area contributed by atoms with E-state index in [-0.39, 0.29) is 30.1 Å². The Morgan fingerprint density at radius 3 is 2.59 bits per heavy atom. The van der Waals surface area contributed by atoms with Gasteiger partial charge in [-0.05, 0) is 19.1 Å². The van der Waals surface area contributed by atoms with Crippen LogP contribution >= 0.6 is 0 Å². The van der Waals surface area contributed by atoms with Crippen molar-refractivity contribution in [3.05, 3.63) is 53.9 Å². The molecule has 0 N–H and O–H groups in total. The smallest absolute Gasteiger partial charge is 0.362 e. The molecule has 0 saturated carbocycles. The molecule has 1 aromatic carbocycles. The van der Waals surface area contributed by atoms with Crippen LogP contribution in [0.4, 0.5) is 0 Å². The van der Waals surface area contributed by atoms with Gasteiger partial charge in [-0.15, -0.1) is 0 Å². The number of aromatic nitrogens is 4. The predicted octanol–water partition coefficient (Wildman–Crippen LogP) is 3.31. The third-order valence-corrected chi connectivity index (χ3v) is 3.66. The van der Waals surface area contributed by atoms with Crippen molar-refractivity contribution in [1.82, 2.24) is 19.9 Å². The minimum atomic E-state index is -0.553. The highest BCUT2D eigenvalue weighted by Gasteiger charge is 2.23. The van der Waals surface area contributed by atoms with Crippen LogP contribution in [0.2, 0.25) is 0 Å². The normalized spacial score (nSPS) is 11.4. The Balaban J connectivity index is 1.83. The lowest BCUT2D eigenvalue weighted by Crippen LogP contribution is -2.13. The maximum Gasteiger partial charge on any atom is 0.362 e. The second kappa shape index (κ2) is 7.61. The Morgan fingerprint density at radius 1 is 1.22 bits per heavy atom. The zero-order valence-corrected chi connectivity index (χ0v) is 15.8. The van der Waals surface area contributed by atoms with Crippen molar-refractivity contribution in [3.63, 3.8) is 0 Å². The van der Waals surface area contributed by atoms with Crippen LogP contribution in [0, 0.1) is 0 Å². The minimum absolute atomic E-state index is 0.0238. The van der Waals surface area contributed by atoms with Crippen LogP contribution in [0.5, 0.6) is 5.75 Å². The van der Waals surface area contributed by atoms with E-state index in [1.165, 1.54) is 0 Å². The van der Waals surface area contributed by atoms with Crippen LogP contribution in [-0.4, -0.2) is 32.5 Å². The number of hydrogen-bond donors (Lipinski definition) is 0. The zero-order chi connectivity index (χ0) is 19.4. The van der Waals surface area contributed by atoms with Crippen LogP contribution in [0.15, 0.2) is 41.1 Å². The van der Waals surface area contributed by atoms with E-state index in [1.54, 1.807) is 17.8 Å². The second-order valence-corrected chi connectivity index (χ2v) is 6.89. The Morgan fingerprint density at radius 2 is 1.96 bits per heavy atom. The maximum atomic E-state index is 12.2. The maximum absolute atomic E-state index is 12.2. The summed E-state index contributed by atoms with van der Waals surface area (Å²) in [7, 11) is 0. The fraction of sp³-hybridized carbons (Fsp3) is 0.368. The summed E-state index contributed by atoms with van der Waals surface area (Å²) in [5.41, 5.74) is 0.665. The third-order valence-electron chi connectivity index (χ3n) is 3.66. The fourth-order valence-corrected chi connectivity index (χ4v) is 2.28. The molecule has 0 saturated heterocycles. The quantitative estimate of drug-likeness (QED) is 0.615. The fourth-order valence-electron chi connectivity index (χ4n) is 2.28. The number of rotatable bonds is 6.